The number of rotatable bonds is 1. The van der Waals surface area contributed by atoms with Gasteiger partial charge in [0.05, 0.1) is 35.8 Å². The van der Waals surface area contributed by atoms with Gasteiger partial charge in [0.2, 0.25) is 0 Å². The number of allylic oxidation sites excluding steroid dienone is 2. The summed E-state index contributed by atoms with van der Waals surface area (Å²) in [5, 5.41) is 49.3. The van der Waals surface area contributed by atoms with E-state index in [1.807, 2.05) is 54.6 Å². The Morgan fingerprint density at radius 1 is 0.640 bits per heavy atom. The molecular weight excluding hydrogens is 310 g/mol. The number of hydrogen-bond donors (Lipinski definition) is 0. The Hall–Kier alpha value is -3.59. The van der Waals surface area contributed by atoms with Crippen LogP contribution in [0.25, 0.3) is 0 Å². The topological polar surface area (TPSA) is 119 Å². The first-order chi connectivity index (χ1) is 12.1. The Labute approximate surface area is 145 Å². The molecule has 0 saturated heterocycles. The highest BCUT2D eigenvalue weighted by Crippen LogP contribution is 2.79. The lowest BCUT2D eigenvalue weighted by Gasteiger charge is -2.47. The number of nitrogens with zero attached hydrogens (tertiary/aromatic N) is 5. The van der Waals surface area contributed by atoms with Crippen molar-refractivity contribution in [3.8, 4) is 30.3 Å². The van der Waals surface area contributed by atoms with Crippen LogP contribution in [0.2, 0.25) is 0 Å². The molecule has 4 atom stereocenters. The van der Waals surface area contributed by atoms with E-state index in [1.54, 1.807) is 12.2 Å². The van der Waals surface area contributed by atoms with Crippen molar-refractivity contribution in [2.45, 2.75) is 5.41 Å². The van der Waals surface area contributed by atoms with E-state index >= 15 is 0 Å². The van der Waals surface area contributed by atoms with Gasteiger partial charge in [-0.3, -0.25) is 0 Å². The highest BCUT2D eigenvalue weighted by molar-refractivity contribution is 5.57. The number of nitriles is 5. The number of hydrogen-bond acceptors (Lipinski definition) is 5. The summed E-state index contributed by atoms with van der Waals surface area (Å²) in [7, 11) is 0. The van der Waals surface area contributed by atoms with E-state index in [4.69, 9.17) is 0 Å². The first-order valence-corrected chi connectivity index (χ1v) is 7.93. The van der Waals surface area contributed by atoms with E-state index in [-0.39, 0.29) is 11.8 Å². The van der Waals surface area contributed by atoms with Crippen molar-refractivity contribution in [1.29, 1.82) is 26.3 Å². The lowest BCUT2D eigenvalue weighted by molar-refractivity contribution is 0.0799. The number of fused-ring (bicyclic) bond motifs is 1. The molecule has 2 saturated carbocycles. The zero-order valence-corrected chi connectivity index (χ0v) is 13.1. The molecule has 0 N–H and O–H groups in total. The van der Waals surface area contributed by atoms with Crippen molar-refractivity contribution in [3.05, 3.63) is 48.0 Å². The summed E-state index contributed by atoms with van der Waals surface area (Å²) in [6.45, 7) is 0. The fraction of sp³-hybridized carbons (Fsp3) is 0.350. The normalized spacial score (nSPS) is 37.2. The minimum Gasteiger partial charge on any atom is -0.197 e. The van der Waals surface area contributed by atoms with Crippen LogP contribution < -0.4 is 0 Å². The van der Waals surface area contributed by atoms with Gasteiger partial charge < -0.3 is 0 Å². The average Bonchev–Trinajstić information content (AvgIpc) is 3.39. The van der Waals surface area contributed by atoms with E-state index in [0.717, 1.165) is 5.56 Å². The molecule has 5 heteroatoms. The molecule has 4 unspecified atom stereocenters. The van der Waals surface area contributed by atoms with Gasteiger partial charge in [-0.05, 0) is 17.4 Å². The fourth-order valence-corrected chi connectivity index (χ4v) is 5.30. The average molecular weight is 321 g/mol. The third-order valence-electron chi connectivity index (χ3n) is 6.39. The van der Waals surface area contributed by atoms with Gasteiger partial charge in [-0.1, -0.05) is 42.5 Å². The van der Waals surface area contributed by atoms with Crippen molar-refractivity contribution in [2.24, 2.45) is 34.5 Å². The van der Waals surface area contributed by atoms with Crippen molar-refractivity contribution in [1.82, 2.24) is 0 Å². The number of benzene rings is 1. The standard InChI is InChI=1S/C20H11N5/c21-8-18(9-22)14-6-7-15(19(18,10-23)11-24)17-16(14)20(17,12-25)13-4-2-1-3-5-13/h1-7,14-17H. The summed E-state index contributed by atoms with van der Waals surface area (Å²) in [6.07, 6.45) is 3.54. The Kier molecular flexibility index (Phi) is 2.68. The van der Waals surface area contributed by atoms with Crippen molar-refractivity contribution < 1.29 is 0 Å². The summed E-state index contributed by atoms with van der Waals surface area (Å²) in [5.74, 6) is -1.69. The van der Waals surface area contributed by atoms with Gasteiger partial charge in [0, 0.05) is 11.8 Å². The second-order valence-electron chi connectivity index (χ2n) is 6.90. The zero-order valence-electron chi connectivity index (χ0n) is 13.1. The minimum absolute atomic E-state index is 0.232. The van der Waals surface area contributed by atoms with Crippen LogP contribution in [0.1, 0.15) is 5.56 Å². The Morgan fingerprint density at radius 3 is 1.44 bits per heavy atom. The van der Waals surface area contributed by atoms with E-state index in [0.29, 0.717) is 0 Å². The molecule has 5 nitrogen and oxygen atoms in total. The molecule has 2 fully saturated rings. The first-order valence-electron chi connectivity index (χ1n) is 7.93. The Balaban J connectivity index is 1.99. The quantitative estimate of drug-likeness (QED) is 0.736. The summed E-state index contributed by atoms with van der Waals surface area (Å²) in [6, 6.07) is 19.7. The van der Waals surface area contributed by atoms with Gasteiger partial charge in [-0.25, -0.2) is 0 Å². The maximum absolute atomic E-state index is 10.0. The van der Waals surface area contributed by atoms with Crippen molar-refractivity contribution in [2.75, 3.05) is 0 Å². The van der Waals surface area contributed by atoms with E-state index < -0.39 is 28.1 Å². The Morgan fingerprint density at radius 2 is 1.08 bits per heavy atom. The monoisotopic (exact) mass is 321 g/mol. The van der Waals surface area contributed by atoms with Crippen LogP contribution in [0, 0.1) is 91.2 Å². The molecule has 0 radical (unpaired) electrons. The molecule has 4 aliphatic rings. The molecule has 5 rings (SSSR count). The van der Waals surface area contributed by atoms with Crippen LogP contribution in [0.4, 0.5) is 0 Å². The smallest absolute Gasteiger partial charge is 0.182 e. The summed E-state index contributed by atoms with van der Waals surface area (Å²) < 4.78 is 0. The van der Waals surface area contributed by atoms with Crippen LogP contribution in [-0.4, -0.2) is 0 Å². The molecule has 0 aromatic heterocycles. The molecule has 4 aliphatic carbocycles. The van der Waals surface area contributed by atoms with Crippen LogP contribution in [0.15, 0.2) is 42.5 Å². The van der Waals surface area contributed by atoms with Crippen LogP contribution >= 0.6 is 0 Å². The first kappa shape index (κ1) is 15.0. The van der Waals surface area contributed by atoms with Crippen LogP contribution in [-0.2, 0) is 5.41 Å². The van der Waals surface area contributed by atoms with Crippen LogP contribution in [0.3, 0.4) is 0 Å². The molecule has 2 bridgehead atoms. The molecular formula is C20H11N5. The molecule has 0 amide bonds. The van der Waals surface area contributed by atoms with Gasteiger partial charge in [0.15, 0.2) is 10.8 Å². The zero-order chi connectivity index (χ0) is 17.9. The maximum atomic E-state index is 10.0. The molecule has 0 heterocycles. The second-order valence-corrected chi connectivity index (χ2v) is 6.90. The lowest BCUT2D eigenvalue weighted by Crippen LogP contribution is -2.54. The fourth-order valence-electron chi connectivity index (χ4n) is 5.30. The largest absolute Gasteiger partial charge is 0.197 e. The highest BCUT2D eigenvalue weighted by atomic mass is 14.8. The van der Waals surface area contributed by atoms with Gasteiger partial charge in [0.1, 0.15) is 0 Å². The van der Waals surface area contributed by atoms with Crippen LogP contribution in [0.5, 0.6) is 0 Å². The lowest BCUT2D eigenvalue weighted by atomic mass is 9.47. The van der Waals surface area contributed by atoms with Crippen molar-refractivity contribution in [3.63, 3.8) is 0 Å². The Bertz CT molecular complexity index is 920. The molecule has 0 spiro atoms. The van der Waals surface area contributed by atoms with Gasteiger partial charge >= 0.3 is 0 Å². The maximum Gasteiger partial charge on any atom is 0.182 e. The summed E-state index contributed by atoms with van der Waals surface area (Å²) in [5.41, 5.74) is -3.56. The van der Waals surface area contributed by atoms with E-state index in [2.05, 4.69) is 6.07 Å². The van der Waals surface area contributed by atoms with E-state index in [1.165, 1.54) is 0 Å². The third-order valence-corrected chi connectivity index (χ3v) is 6.39. The summed E-state index contributed by atoms with van der Waals surface area (Å²) in [4.78, 5) is 0. The molecule has 25 heavy (non-hydrogen) atoms. The van der Waals surface area contributed by atoms with Gasteiger partial charge in [0.25, 0.3) is 0 Å². The predicted octanol–water partition coefficient (Wildman–Crippen LogP) is 2.58. The van der Waals surface area contributed by atoms with Gasteiger partial charge in [-0.15, -0.1) is 0 Å². The molecule has 1 aromatic rings. The van der Waals surface area contributed by atoms with Gasteiger partial charge in [-0.2, -0.15) is 26.3 Å². The molecule has 116 valence electrons. The van der Waals surface area contributed by atoms with Crippen molar-refractivity contribution >= 4 is 0 Å². The SMILES string of the molecule is N#CC1(c2ccccc2)C2C1C1C=CC2C(C#N)(C#N)C1(C#N)C#N. The molecule has 1 aromatic carbocycles. The second kappa shape index (κ2) is 4.48. The predicted molar refractivity (Wildman–Crippen MR) is 84.2 cm³/mol. The van der Waals surface area contributed by atoms with E-state index in [9.17, 15) is 26.3 Å². The minimum atomic E-state index is -1.76. The molecule has 0 aliphatic heterocycles. The third kappa shape index (κ3) is 1.28. The highest BCUT2D eigenvalue weighted by Gasteiger charge is 2.84. The summed E-state index contributed by atoms with van der Waals surface area (Å²) >= 11 is 0.